The third-order valence-electron chi connectivity index (χ3n) is 3.45. The van der Waals surface area contributed by atoms with Gasteiger partial charge in [0.05, 0.1) is 6.21 Å². The van der Waals surface area contributed by atoms with Gasteiger partial charge in [-0.2, -0.15) is 5.10 Å². The summed E-state index contributed by atoms with van der Waals surface area (Å²) in [7, 11) is 0. The standard InChI is InChI=1S/C18H16N4O5/c1-11(23)20-13-3-5-14(6-4-13)21-17(24)18(25)22-19-9-12-2-7-15-16(8-12)27-10-26-15/h2-9H,10H2,1H3,(H,20,23)(H,21,24)(H,22,25)/b19-9+. The Balaban J connectivity index is 1.51. The van der Waals surface area contributed by atoms with Gasteiger partial charge in [0.1, 0.15) is 0 Å². The predicted molar refractivity (Wildman–Crippen MR) is 97.7 cm³/mol. The molecule has 3 N–H and O–H groups in total. The molecule has 3 rings (SSSR count). The van der Waals surface area contributed by atoms with Crippen molar-refractivity contribution in [3.63, 3.8) is 0 Å². The second-order valence-corrected chi connectivity index (χ2v) is 5.52. The zero-order chi connectivity index (χ0) is 19.2. The highest BCUT2D eigenvalue weighted by Crippen LogP contribution is 2.31. The number of carbonyl (C=O) groups excluding carboxylic acids is 3. The van der Waals surface area contributed by atoms with Crippen LogP contribution >= 0.6 is 0 Å². The Morgan fingerprint density at radius 2 is 1.59 bits per heavy atom. The summed E-state index contributed by atoms with van der Waals surface area (Å²) in [4.78, 5) is 34.6. The van der Waals surface area contributed by atoms with Gasteiger partial charge in [-0.3, -0.25) is 14.4 Å². The summed E-state index contributed by atoms with van der Waals surface area (Å²) < 4.78 is 10.4. The van der Waals surface area contributed by atoms with E-state index in [4.69, 9.17) is 9.47 Å². The van der Waals surface area contributed by atoms with E-state index in [0.717, 1.165) is 0 Å². The number of rotatable bonds is 4. The van der Waals surface area contributed by atoms with Crippen LogP contribution in [0.4, 0.5) is 11.4 Å². The van der Waals surface area contributed by atoms with E-state index in [-0.39, 0.29) is 12.7 Å². The lowest BCUT2D eigenvalue weighted by Crippen LogP contribution is -2.32. The molecule has 0 aliphatic carbocycles. The van der Waals surface area contributed by atoms with Gasteiger partial charge in [0.15, 0.2) is 11.5 Å². The van der Waals surface area contributed by atoms with Crippen molar-refractivity contribution in [3.05, 3.63) is 48.0 Å². The van der Waals surface area contributed by atoms with E-state index in [0.29, 0.717) is 28.4 Å². The Bertz CT molecular complexity index is 908. The van der Waals surface area contributed by atoms with Gasteiger partial charge in [-0.15, -0.1) is 0 Å². The lowest BCUT2D eigenvalue weighted by atomic mass is 10.2. The van der Waals surface area contributed by atoms with Gasteiger partial charge in [0, 0.05) is 18.3 Å². The van der Waals surface area contributed by atoms with Gasteiger partial charge in [-0.1, -0.05) is 0 Å². The van der Waals surface area contributed by atoms with Gasteiger partial charge in [-0.25, -0.2) is 5.43 Å². The number of hydrazone groups is 1. The second kappa shape index (κ2) is 8.00. The summed E-state index contributed by atoms with van der Waals surface area (Å²) in [6, 6.07) is 11.5. The first-order chi connectivity index (χ1) is 13.0. The van der Waals surface area contributed by atoms with E-state index < -0.39 is 11.8 Å². The topological polar surface area (TPSA) is 118 Å². The molecule has 0 radical (unpaired) electrons. The van der Waals surface area contributed by atoms with Crippen molar-refractivity contribution in [2.75, 3.05) is 17.4 Å². The molecule has 1 aliphatic heterocycles. The smallest absolute Gasteiger partial charge is 0.329 e. The second-order valence-electron chi connectivity index (χ2n) is 5.52. The maximum atomic E-state index is 11.9. The first-order valence-corrected chi connectivity index (χ1v) is 7.93. The van der Waals surface area contributed by atoms with Gasteiger partial charge in [0.25, 0.3) is 0 Å². The maximum Gasteiger partial charge on any atom is 0.329 e. The van der Waals surface area contributed by atoms with E-state index in [1.54, 1.807) is 42.5 Å². The minimum absolute atomic E-state index is 0.165. The van der Waals surface area contributed by atoms with Crippen LogP contribution in [-0.4, -0.2) is 30.7 Å². The molecule has 2 aromatic carbocycles. The van der Waals surface area contributed by atoms with Crippen LogP contribution in [0.5, 0.6) is 11.5 Å². The van der Waals surface area contributed by atoms with Crippen molar-refractivity contribution in [2.24, 2.45) is 5.10 Å². The molecule has 138 valence electrons. The molecule has 0 unspecified atom stereocenters. The first kappa shape index (κ1) is 17.9. The number of fused-ring (bicyclic) bond motifs is 1. The lowest BCUT2D eigenvalue weighted by Gasteiger charge is -2.06. The summed E-state index contributed by atoms with van der Waals surface area (Å²) in [6.45, 7) is 1.56. The Morgan fingerprint density at radius 3 is 2.30 bits per heavy atom. The van der Waals surface area contributed by atoms with Crippen molar-refractivity contribution in [3.8, 4) is 11.5 Å². The van der Waals surface area contributed by atoms with Crippen molar-refractivity contribution >= 4 is 35.3 Å². The fourth-order valence-electron chi connectivity index (χ4n) is 2.24. The third kappa shape index (κ3) is 4.82. The zero-order valence-corrected chi connectivity index (χ0v) is 14.3. The van der Waals surface area contributed by atoms with E-state index in [1.807, 2.05) is 0 Å². The van der Waals surface area contributed by atoms with Gasteiger partial charge in [0.2, 0.25) is 12.7 Å². The molecule has 9 nitrogen and oxygen atoms in total. The number of nitrogens with one attached hydrogen (secondary N) is 3. The summed E-state index contributed by atoms with van der Waals surface area (Å²) >= 11 is 0. The number of hydrogen-bond acceptors (Lipinski definition) is 6. The summed E-state index contributed by atoms with van der Waals surface area (Å²) in [5.41, 5.74) is 3.81. The lowest BCUT2D eigenvalue weighted by molar-refractivity contribution is -0.136. The Hall–Kier alpha value is -3.88. The average molecular weight is 368 g/mol. The fraction of sp³-hybridized carbons (Fsp3) is 0.111. The van der Waals surface area contributed by atoms with Crippen LogP contribution in [0.15, 0.2) is 47.6 Å². The number of ether oxygens (including phenoxy) is 2. The first-order valence-electron chi connectivity index (χ1n) is 7.93. The molecule has 0 aromatic heterocycles. The normalized spacial score (nSPS) is 11.9. The minimum Gasteiger partial charge on any atom is -0.454 e. The fourth-order valence-corrected chi connectivity index (χ4v) is 2.24. The number of nitrogens with zero attached hydrogens (tertiary/aromatic N) is 1. The van der Waals surface area contributed by atoms with Crippen molar-refractivity contribution in [1.82, 2.24) is 5.43 Å². The highest BCUT2D eigenvalue weighted by molar-refractivity contribution is 6.39. The third-order valence-corrected chi connectivity index (χ3v) is 3.45. The summed E-state index contributed by atoms with van der Waals surface area (Å²) in [5.74, 6) is -0.764. The Kier molecular flexibility index (Phi) is 5.31. The zero-order valence-electron chi connectivity index (χ0n) is 14.3. The van der Waals surface area contributed by atoms with Crippen molar-refractivity contribution < 1.29 is 23.9 Å². The molecule has 9 heteroatoms. The molecule has 0 bridgehead atoms. The number of hydrogen-bond donors (Lipinski definition) is 3. The number of anilines is 2. The monoisotopic (exact) mass is 368 g/mol. The summed E-state index contributed by atoms with van der Waals surface area (Å²) in [6.07, 6.45) is 1.38. The van der Waals surface area contributed by atoms with E-state index in [1.165, 1.54) is 13.1 Å². The van der Waals surface area contributed by atoms with Crippen molar-refractivity contribution in [2.45, 2.75) is 6.92 Å². The molecule has 0 spiro atoms. The van der Waals surface area contributed by atoms with Gasteiger partial charge >= 0.3 is 11.8 Å². The molecule has 1 aliphatic rings. The largest absolute Gasteiger partial charge is 0.454 e. The van der Waals surface area contributed by atoms with Crippen LogP contribution in [0.25, 0.3) is 0 Å². The molecule has 0 saturated heterocycles. The quantitative estimate of drug-likeness (QED) is 0.429. The highest BCUT2D eigenvalue weighted by atomic mass is 16.7. The SMILES string of the molecule is CC(=O)Nc1ccc(NC(=O)C(=O)N/N=C/c2ccc3c(c2)OCO3)cc1. The van der Waals surface area contributed by atoms with Crippen LogP contribution < -0.4 is 25.5 Å². The van der Waals surface area contributed by atoms with Crippen LogP contribution in [0, 0.1) is 0 Å². The van der Waals surface area contributed by atoms with Crippen molar-refractivity contribution in [1.29, 1.82) is 0 Å². The van der Waals surface area contributed by atoms with Crippen LogP contribution in [0.3, 0.4) is 0 Å². The molecule has 2 aromatic rings. The Morgan fingerprint density at radius 1 is 0.926 bits per heavy atom. The number of benzene rings is 2. The highest BCUT2D eigenvalue weighted by Gasteiger charge is 2.14. The average Bonchev–Trinajstić information content (AvgIpc) is 3.10. The maximum absolute atomic E-state index is 11.9. The van der Waals surface area contributed by atoms with Crippen LogP contribution in [-0.2, 0) is 14.4 Å². The van der Waals surface area contributed by atoms with Gasteiger partial charge in [-0.05, 0) is 48.0 Å². The molecule has 0 fully saturated rings. The van der Waals surface area contributed by atoms with Gasteiger partial charge < -0.3 is 20.1 Å². The van der Waals surface area contributed by atoms with E-state index in [2.05, 4.69) is 21.2 Å². The molecule has 0 saturated carbocycles. The molecule has 0 atom stereocenters. The Labute approximate surface area is 154 Å². The molecule has 3 amide bonds. The predicted octanol–water partition coefficient (Wildman–Crippen LogP) is 1.46. The minimum atomic E-state index is -0.919. The van der Waals surface area contributed by atoms with E-state index in [9.17, 15) is 14.4 Å². The van der Waals surface area contributed by atoms with E-state index >= 15 is 0 Å². The molecule has 1 heterocycles. The molecule has 27 heavy (non-hydrogen) atoms. The summed E-state index contributed by atoms with van der Waals surface area (Å²) in [5, 5.41) is 8.78. The van der Waals surface area contributed by atoms with Crippen LogP contribution in [0.2, 0.25) is 0 Å². The number of amides is 3. The number of carbonyl (C=O) groups is 3. The molecular weight excluding hydrogens is 352 g/mol. The molecular formula is C18H16N4O5. The van der Waals surface area contributed by atoms with Crippen LogP contribution in [0.1, 0.15) is 12.5 Å².